The zero-order valence-corrected chi connectivity index (χ0v) is 52.7. The van der Waals surface area contributed by atoms with Gasteiger partial charge in [0, 0.05) is 12.8 Å². The fourth-order valence-electron chi connectivity index (χ4n) is 11.0. The van der Waals surface area contributed by atoms with E-state index < -0.39 is 12.1 Å². The van der Waals surface area contributed by atoms with Crippen molar-refractivity contribution in [1.82, 2.24) is 5.32 Å². The van der Waals surface area contributed by atoms with E-state index in [2.05, 4.69) is 43.5 Å². The van der Waals surface area contributed by atoms with E-state index >= 15 is 0 Å². The molecular formula is C72H137NO5. The number of esters is 1. The predicted molar refractivity (Wildman–Crippen MR) is 343 cm³/mol. The number of rotatable bonds is 66. The number of nitrogens with one attached hydrogen (secondary N) is 1. The summed E-state index contributed by atoms with van der Waals surface area (Å²) in [7, 11) is 0. The van der Waals surface area contributed by atoms with Crippen molar-refractivity contribution in [1.29, 1.82) is 0 Å². The van der Waals surface area contributed by atoms with Crippen LogP contribution < -0.4 is 5.32 Å². The molecule has 0 aromatic heterocycles. The van der Waals surface area contributed by atoms with Gasteiger partial charge in [0.2, 0.25) is 5.91 Å². The molecule has 0 aliphatic carbocycles. The van der Waals surface area contributed by atoms with Crippen LogP contribution >= 0.6 is 0 Å². The molecule has 0 rings (SSSR count). The summed E-state index contributed by atoms with van der Waals surface area (Å²) in [5.41, 5.74) is 0. The number of amides is 1. The monoisotopic (exact) mass is 1100 g/mol. The zero-order chi connectivity index (χ0) is 56.4. The van der Waals surface area contributed by atoms with Gasteiger partial charge in [-0.15, -0.1) is 0 Å². The Morgan fingerprint density at radius 1 is 0.359 bits per heavy atom. The van der Waals surface area contributed by atoms with Crippen molar-refractivity contribution in [2.45, 2.75) is 398 Å². The third kappa shape index (κ3) is 63.3. The molecule has 0 aromatic rings. The second-order valence-electron chi connectivity index (χ2n) is 24.2. The first kappa shape index (κ1) is 76.1. The van der Waals surface area contributed by atoms with Crippen LogP contribution in [0.15, 0.2) is 36.5 Å². The van der Waals surface area contributed by atoms with E-state index in [-0.39, 0.29) is 18.5 Å². The van der Waals surface area contributed by atoms with Crippen LogP contribution in [-0.4, -0.2) is 47.4 Å². The Hall–Kier alpha value is -1.92. The highest BCUT2D eigenvalue weighted by atomic mass is 16.5. The quantitative estimate of drug-likeness (QED) is 0.0320. The highest BCUT2D eigenvalue weighted by molar-refractivity contribution is 5.76. The van der Waals surface area contributed by atoms with Gasteiger partial charge in [0.25, 0.3) is 0 Å². The second-order valence-corrected chi connectivity index (χ2v) is 24.2. The van der Waals surface area contributed by atoms with E-state index in [4.69, 9.17) is 4.74 Å². The standard InChI is InChI=1S/C72H137NO5/c1-3-5-7-9-11-13-15-17-19-21-33-36-40-44-48-52-56-60-64-70(75)69(68-74)73-71(76)65-61-57-53-49-45-41-37-34-30-28-26-24-22-23-25-27-29-31-35-39-43-47-51-55-59-63-67-78-72(77)66-62-58-54-50-46-42-38-32-20-18-16-14-12-10-8-6-4-2/h12,14,18,20,60,64,69-70,74-75H,3-11,13,15-17,19,21-59,61-63,65-68H2,1-2H3,(H,73,76)/b14-12-,20-18-,64-60+. The molecule has 0 fully saturated rings. The first-order valence-electron chi connectivity index (χ1n) is 35.3. The van der Waals surface area contributed by atoms with Gasteiger partial charge in [0.05, 0.1) is 25.4 Å². The molecule has 0 spiro atoms. The Labute approximate surface area is 487 Å². The Morgan fingerprint density at radius 2 is 0.641 bits per heavy atom. The van der Waals surface area contributed by atoms with Gasteiger partial charge >= 0.3 is 5.97 Å². The average molecular weight is 1100 g/mol. The molecule has 6 nitrogen and oxygen atoms in total. The van der Waals surface area contributed by atoms with Gasteiger partial charge < -0.3 is 20.3 Å². The van der Waals surface area contributed by atoms with Gasteiger partial charge in [-0.25, -0.2) is 0 Å². The normalized spacial score (nSPS) is 12.7. The van der Waals surface area contributed by atoms with E-state index in [0.717, 1.165) is 51.4 Å². The summed E-state index contributed by atoms with van der Waals surface area (Å²) in [6.07, 6.45) is 86.5. The number of hydrogen-bond acceptors (Lipinski definition) is 5. The van der Waals surface area contributed by atoms with Gasteiger partial charge in [-0.05, 0) is 64.2 Å². The van der Waals surface area contributed by atoms with Gasteiger partial charge in [-0.3, -0.25) is 9.59 Å². The number of carbonyl (C=O) groups excluding carboxylic acids is 2. The summed E-state index contributed by atoms with van der Waals surface area (Å²) in [4.78, 5) is 24.6. The van der Waals surface area contributed by atoms with Crippen LogP contribution in [0.5, 0.6) is 0 Å². The molecule has 0 aromatic carbocycles. The van der Waals surface area contributed by atoms with Crippen molar-refractivity contribution in [2.24, 2.45) is 0 Å². The molecular weight excluding hydrogens is 959 g/mol. The molecule has 0 saturated heterocycles. The van der Waals surface area contributed by atoms with Crippen molar-refractivity contribution in [3.8, 4) is 0 Å². The third-order valence-electron chi connectivity index (χ3n) is 16.4. The lowest BCUT2D eigenvalue weighted by Gasteiger charge is -2.20. The smallest absolute Gasteiger partial charge is 0.305 e. The maximum absolute atomic E-state index is 12.5. The number of allylic oxidation sites excluding steroid dienone is 5. The van der Waals surface area contributed by atoms with E-state index in [1.165, 1.54) is 308 Å². The van der Waals surface area contributed by atoms with Crippen LogP contribution in [0.4, 0.5) is 0 Å². The summed E-state index contributed by atoms with van der Waals surface area (Å²) in [5.74, 6) is -0.0532. The number of hydrogen-bond donors (Lipinski definition) is 3. The number of unbranched alkanes of at least 4 members (excludes halogenated alkanes) is 51. The van der Waals surface area contributed by atoms with Crippen LogP contribution in [0.3, 0.4) is 0 Å². The molecule has 2 unspecified atom stereocenters. The lowest BCUT2D eigenvalue weighted by atomic mass is 10.0. The van der Waals surface area contributed by atoms with Crippen LogP contribution in [0.2, 0.25) is 0 Å². The van der Waals surface area contributed by atoms with Gasteiger partial charge in [0.15, 0.2) is 0 Å². The van der Waals surface area contributed by atoms with Crippen molar-refractivity contribution < 1.29 is 24.5 Å². The Morgan fingerprint density at radius 3 is 1.00 bits per heavy atom. The summed E-state index contributed by atoms with van der Waals surface area (Å²) < 4.78 is 5.50. The second kappa shape index (κ2) is 67.6. The number of aliphatic hydroxyl groups excluding tert-OH is 2. The lowest BCUT2D eigenvalue weighted by molar-refractivity contribution is -0.143. The van der Waals surface area contributed by atoms with Crippen molar-refractivity contribution >= 4 is 11.9 Å². The fraction of sp³-hybridized carbons (Fsp3) is 0.889. The van der Waals surface area contributed by atoms with E-state index in [1.54, 1.807) is 6.08 Å². The minimum atomic E-state index is -0.844. The van der Waals surface area contributed by atoms with Crippen LogP contribution in [0.25, 0.3) is 0 Å². The van der Waals surface area contributed by atoms with E-state index in [1.807, 2.05) is 6.08 Å². The maximum atomic E-state index is 12.5. The molecule has 78 heavy (non-hydrogen) atoms. The number of ether oxygens (including phenoxy) is 1. The fourth-order valence-corrected chi connectivity index (χ4v) is 11.0. The Kier molecular flexibility index (Phi) is 65.9. The number of aliphatic hydroxyl groups is 2. The largest absolute Gasteiger partial charge is 0.466 e. The van der Waals surface area contributed by atoms with Gasteiger partial charge in [0.1, 0.15) is 0 Å². The van der Waals surface area contributed by atoms with Crippen molar-refractivity contribution in [3.63, 3.8) is 0 Å². The molecule has 0 aliphatic rings. The van der Waals surface area contributed by atoms with Crippen LogP contribution in [0, 0.1) is 0 Å². The van der Waals surface area contributed by atoms with Crippen LogP contribution in [-0.2, 0) is 14.3 Å². The zero-order valence-electron chi connectivity index (χ0n) is 52.7. The predicted octanol–water partition coefficient (Wildman–Crippen LogP) is 22.7. The van der Waals surface area contributed by atoms with E-state index in [0.29, 0.717) is 19.4 Å². The van der Waals surface area contributed by atoms with Gasteiger partial charge in [-0.1, -0.05) is 346 Å². The molecule has 6 heteroatoms. The molecule has 2 atom stereocenters. The van der Waals surface area contributed by atoms with Gasteiger partial charge in [-0.2, -0.15) is 0 Å². The lowest BCUT2D eigenvalue weighted by Crippen LogP contribution is -2.45. The summed E-state index contributed by atoms with van der Waals surface area (Å²) in [6, 6.07) is -0.627. The molecule has 0 bridgehead atoms. The third-order valence-corrected chi connectivity index (χ3v) is 16.4. The first-order chi connectivity index (χ1) is 38.5. The van der Waals surface area contributed by atoms with Crippen molar-refractivity contribution in [3.05, 3.63) is 36.5 Å². The molecule has 0 aliphatic heterocycles. The minimum Gasteiger partial charge on any atom is -0.466 e. The molecule has 1 amide bonds. The molecule has 0 heterocycles. The summed E-state index contributed by atoms with van der Waals surface area (Å²) in [5, 5.41) is 23.2. The van der Waals surface area contributed by atoms with E-state index in [9.17, 15) is 19.8 Å². The molecule has 0 saturated carbocycles. The summed E-state index contributed by atoms with van der Waals surface area (Å²) in [6.45, 7) is 4.91. The Bertz CT molecular complexity index is 1260. The highest BCUT2D eigenvalue weighted by Crippen LogP contribution is 2.19. The topological polar surface area (TPSA) is 95.9 Å². The maximum Gasteiger partial charge on any atom is 0.305 e. The minimum absolute atomic E-state index is 0.00954. The first-order valence-corrected chi connectivity index (χ1v) is 35.3. The SMILES string of the molecule is CCCCC/C=C\C/C=C\CCCCCCCCCC(=O)OCCCCCCCCCCCCCCCCCCCCCCCCCCCCC(=O)NC(CO)C(O)/C=C/CCCCCCCCCCCCCCCCCC. The highest BCUT2D eigenvalue weighted by Gasteiger charge is 2.18. The van der Waals surface area contributed by atoms with Crippen LogP contribution in [0.1, 0.15) is 386 Å². The Balaban J connectivity index is 3.37. The molecule has 0 radical (unpaired) electrons. The molecule has 460 valence electrons. The molecule has 3 N–H and O–H groups in total. The average Bonchev–Trinajstić information content (AvgIpc) is 3.44. The van der Waals surface area contributed by atoms with Crippen molar-refractivity contribution in [2.75, 3.05) is 13.2 Å². The number of carbonyl (C=O) groups is 2. The summed E-state index contributed by atoms with van der Waals surface area (Å²) >= 11 is 0.